The maximum absolute atomic E-state index is 12.6. The summed E-state index contributed by atoms with van der Waals surface area (Å²) in [6.07, 6.45) is 3.17. The molecular weight excluding hydrogens is 450 g/mol. The number of anilines is 1. The largest absolute Gasteiger partial charge is 0.495 e. The number of carbonyl (C=O) groups excluding carboxylic acids is 1. The quantitative estimate of drug-likeness (QED) is 0.464. The van der Waals surface area contributed by atoms with Gasteiger partial charge in [0.15, 0.2) is 6.61 Å². The van der Waals surface area contributed by atoms with Gasteiger partial charge in [0.2, 0.25) is 0 Å². The molecule has 0 saturated carbocycles. The number of nitrogens with two attached hydrogens (primary N) is 1. The lowest BCUT2D eigenvalue weighted by Crippen LogP contribution is -2.48. The van der Waals surface area contributed by atoms with E-state index in [0.717, 1.165) is 18.4 Å². The Kier molecular flexibility index (Phi) is 6.67. The second-order valence-electron chi connectivity index (χ2n) is 8.92. The van der Waals surface area contributed by atoms with Crippen molar-refractivity contribution in [1.82, 2.24) is 14.9 Å². The van der Waals surface area contributed by atoms with Crippen LogP contribution in [0.5, 0.6) is 11.5 Å². The molecule has 10 nitrogen and oxygen atoms in total. The highest BCUT2D eigenvalue weighted by Crippen LogP contribution is 2.28. The van der Waals surface area contributed by atoms with Crippen molar-refractivity contribution in [3.05, 3.63) is 58.5 Å². The normalized spacial score (nSPS) is 20.6. The highest BCUT2D eigenvalue weighted by molar-refractivity contribution is 5.95. The minimum Gasteiger partial charge on any atom is -0.495 e. The molecule has 2 unspecified atom stereocenters. The number of aromatic nitrogens is 2. The zero-order valence-electron chi connectivity index (χ0n) is 19.5. The van der Waals surface area contributed by atoms with E-state index < -0.39 is 0 Å². The summed E-state index contributed by atoms with van der Waals surface area (Å²) in [5.41, 5.74) is 9.50. The van der Waals surface area contributed by atoms with Gasteiger partial charge in [-0.1, -0.05) is 6.07 Å². The lowest BCUT2D eigenvalue weighted by atomic mass is 9.99. The highest BCUT2D eigenvalue weighted by atomic mass is 16.5. The Morgan fingerprint density at radius 1 is 1.26 bits per heavy atom. The van der Waals surface area contributed by atoms with E-state index >= 15 is 0 Å². The summed E-state index contributed by atoms with van der Waals surface area (Å²) in [6.45, 7) is 1.56. The van der Waals surface area contributed by atoms with Crippen LogP contribution in [0.2, 0.25) is 0 Å². The molecule has 2 aromatic heterocycles. The predicted octanol–water partition coefficient (Wildman–Crippen LogP) is 1.40. The van der Waals surface area contributed by atoms with Crippen LogP contribution in [0.4, 0.5) is 5.69 Å². The Balaban J connectivity index is 1.17. The van der Waals surface area contributed by atoms with Crippen molar-refractivity contribution >= 4 is 22.6 Å². The summed E-state index contributed by atoms with van der Waals surface area (Å²) in [6, 6.07) is 10.6. The number of hydrogen-bond acceptors (Lipinski definition) is 8. The Morgan fingerprint density at radius 2 is 2.14 bits per heavy atom. The van der Waals surface area contributed by atoms with Crippen molar-refractivity contribution in [3.63, 3.8) is 0 Å². The third-order valence-corrected chi connectivity index (χ3v) is 6.50. The molecule has 2 aliphatic heterocycles. The first-order chi connectivity index (χ1) is 17.0. The minimum atomic E-state index is -0.338. The molecule has 0 aliphatic carbocycles. The highest BCUT2D eigenvalue weighted by Gasteiger charge is 2.27. The van der Waals surface area contributed by atoms with Gasteiger partial charge in [-0.05, 0) is 36.6 Å². The first kappa shape index (κ1) is 23.3. The van der Waals surface area contributed by atoms with Crippen LogP contribution in [0.15, 0.2) is 47.4 Å². The number of benzene rings is 1. The van der Waals surface area contributed by atoms with Gasteiger partial charge in [0, 0.05) is 37.3 Å². The molecule has 2 aliphatic rings. The number of rotatable bonds is 7. The standard InChI is InChI=1S/C25H29N5O5/c1-33-17-9-21-19(28-11-17)4-7-25(32)30(21)12-18(26)22-6-3-16(13-34-22)27-10-15-2-5-23-20(8-15)29-24(31)14-35-23/h2,4-5,7-9,11,16,18,22,27H,3,6,10,12-14,26H2,1H3,(H,29,31)/t16?,18-,22?/m0/s1. The fourth-order valence-corrected chi connectivity index (χ4v) is 4.55. The van der Waals surface area contributed by atoms with Crippen LogP contribution in [-0.4, -0.2) is 54.0 Å². The van der Waals surface area contributed by atoms with Crippen LogP contribution < -0.4 is 31.4 Å². The van der Waals surface area contributed by atoms with Crippen molar-refractivity contribution in [2.45, 2.75) is 44.1 Å². The third kappa shape index (κ3) is 5.14. The average Bonchev–Trinajstić information content (AvgIpc) is 2.88. The molecule has 0 bridgehead atoms. The number of pyridine rings is 2. The first-order valence-electron chi connectivity index (χ1n) is 11.7. The number of nitrogens with zero attached hydrogens (tertiary/aromatic N) is 2. The van der Waals surface area contributed by atoms with Crippen LogP contribution in [0.1, 0.15) is 18.4 Å². The number of ether oxygens (including phenoxy) is 3. The van der Waals surface area contributed by atoms with E-state index in [-0.39, 0.29) is 36.3 Å². The van der Waals surface area contributed by atoms with Gasteiger partial charge in [-0.3, -0.25) is 14.6 Å². The van der Waals surface area contributed by atoms with E-state index in [2.05, 4.69) is 15.6 Å². The molecule has 1 saturated heterocycles. The van der Waals surface area contributed by atoms with Crippen LogP contribution in [0.3, 0.4) is 0 Å². The van der Waals surface area contributed by atoms with E-state index in [1.165, 1.54) is 6.07 Å². The summed E-state index contributed by atoms with van der Waals surface area (Å²) in [4.78, 5) is 28.5. The van der Waals surface area contributed by atoms with E-state index in [1.54, 1.807) is 30.0 Å². The van der Waals surface area contributed by atoms with Crippen molar-refractivity contribution in [2.75, 3.05) is 25.6 Å². The van der Waals surface area contributed by atoms with E-state index in [1.807, 2.05) is 18.2 Å². The van der Waals surface area contributed by atoms with Gasteiger partial charge in [-0.15, -0.1) is 0 Å². The molecule has 3 aromatic rings. The number of methoxy groups -OCH3 is 1. The number of hydrogen-bond donors (Lipinski definition) is 3. The second kappa shape index (κ2) is 10.0. The molecule has 1 amide bonds. The topological polar surface area (TPSA) is 130 Å². The lowest BCUT2D eigenvalue weighted by molar-refractivity contribution is -0.118. The Bertz CT molecular complexity index is 1280. The molecule has 35 heavy (non-hydrogen) atoms. The molecule has 184 valence electrons. The Labute approximate surface area is 202 Å². The lowest BCUT2D eigenvalue weighted by Gasteiger charge is -2.33. The zero-order chi connectivity index (χ0) is 24.4. The van der Waals surface area contributed by atoms with Crippen molar-refractivity contribution in [2.24, 2.45) is 5.73 Å². The molecule has 4 N–H and O–H groups in total. The summed E-state index contributed by atoms with van der Waals surface area (Å²) in [5.74, 6) is 1.12. The third-order valence-electron chi connectivity index (χ3n) is 6.50. The number of amides is 1. The van der Waals surface area contributed by atoms with Gasteiger partial charge in [0.05, 0.1) is 42.7 Å². The number of carbonyl (C=O) groups is 1. The Hall–Kier alpha value is -3.47. The van der Waals surface area contributed by atoms with Crippen LogP contribution in [0, 0.1) is 0 Å². The maximum Gasteiger partial charge on any atom is 0.262 e. The van der Waals surface area contributed by atoms with Gasteiger partial charge < -0.3 is 35.1 Å². The zero-order valence-corrected chi connectivity index (χ0v) is 19.5. The van der Waals surface area contributed by atoms with Gasteiger partial charge >= 0.3 is 0 Å². The summed E-state index contributed by atoms with van der Waals surface area (Å²) >= 11 is 0. The SMILES string of the molecule is COc1cnc2ccc(=O)n(C[C@H](N)C3CCC(NCc4ccc5c(c4)NC(=O)CO5)CO3)c2c1. The van der Waals surface area contributed by atoms with E-state index in [9.17, 15) is 9.59 Å². The molecule has 3 atom stereocenters. The molecule has 1 fully saturated rings. The first-order valence-corrected chi connectivity index (χ1v) is 11.7. The number of fused-ring (bicyclic) bond motifs is 2. The van der Waals surface area contributed by atoms with Gasteiger partial charge in [0.1, 0.15) is 11.5 Å². The van der Waals surface area contributed by atoms with Crippen LogP contribution in [-0.2, 0) is 22.6 Å². The number of nitrogens with one attached hydrogen (secondary N) is 2. The van der Waals surface area contributed by atoms with Crippen molar-refractivity contribution in [1.29, 1.82) is 0 Å². The fourth-order valence-electron chi connectivity index (χ4n) is 4.55. The second-order valence-corrected chi connectivity index (χ2v) is 8.92. The molecule has 0 spiro atoms. The molecule has 10 heteroatoms. The molecule has 0 radical (unpaired) electrons. The van der Waals surface area contributed by atoms with Crippen LogP contribution >= 0.6 is 0 Å². The van der Waals surface area contributed by atoms with Gasteiger partial charge in [-0.25, -0.2) is 0 Å². The Morgan fingerprint density at radius 3 is 2.94 bits per heavy atom. The monoisotopic (exact) mass is 479 g/mol. The minimum absolute atomic E-state index is 0.0491. The summed E-state index contributed by atoms with van der Waals surface area (Å²) in [5, 5.41) is 6.35. The van der Waals surface area contributed by atoms with Gasteiger partial charge in [-0.2, -0.15) is 0 Å². The van der Waals surface area contributed by atoms with E-state index in [0.29, 0.717) is 47.9 Å². The van der Waals surface area contributed by atoms with Crippen molar-refractivity contribution < 1.29 is 19.0 Å². The van der Waals surface area contributed by atoms with Gasteiger partial charge in [0.25, 0.3) is 11.5 Å². The summed E-state index contributed by atoms with van der Waals surface area (Å²) < 4.78 is 18.4. The average molecular weight is 480 g/mol. The molecule has 4 heterocycles. The molecule has 1 aromatic carbocycles. The summed E-state index contributed by atoms with van der Waals surface area (Å²) in [7, 11) is 1.57. The maximum atomic E-state index is 12.6. The van der Waals surface area contributed by atoms with Crippen molar-refractivity contribution in [3.8, 4) is 11.5 Å². The molecular formula is C25H29N5O5. The fraction of sp³-hybridized carbons (Fsp3) is 0.400. The predicted molar refractivity (Wildman–Crippen MR) is 131 cm³/mol. The molecule has 5 rings (SSSR count). The smallest absolute Gasteiger partial charge is 0.262 e. The van der Waals surface area contributed by atoms with E-state index in [4.69, 9.17) is 19.9 Å². The van der Waals surface area contributed by atoms with Crippen LogP contribution in [0.25, 0.3) is 11.0 Å².